The Morgan fingerprint density at radius 2 is 2.16 bits per heavy atom. The second-order valence-electron chi connectivity index (χ2n) is 5.42. The molecule has 0 radical (unpaired) electrons. The Bertz CT molecular complexity index is 641. The maximum absolute atomic E-state index is 12.1. The minimum absolute atomic E-state index is 0.0222. The van der Waals surface area contributed by atoms with Gasteiger partial charge in [-0.25, -0.2) is 4.98 Å². The Hall–Kier alpha value is -1.68. The summed E-state index contributed by atoms with van der Waals surface area (Å²) in [5.41, 5.74) is 2.85. The van der Waals surface area contributed by atoms with Crippen LogP contribution in [-0.4, -0.2) is 22.5 Å². The van der Waals surface area contributed by atoms with E-state index in [0.717, 1.165) is 36.4 Å². The van der Waals surface area contributed by atoms with Crippen LogP contribution in [0.3, 0.4) is 0 Å². The number of fused-ring (bicyclic) bond motifs is 1. The molecule has 0 bridgehead atoms. The molecule has 1 aliphatic rings. The molecule has 19 heavy (non-hydrogen) atoms. The zero-order chi connectivity index (χ0) is 13.2. The number of pyridine rings is 1. The van der Waals surface area contributed by atoms with Gasteiger partial charge in [0.15, 0.2) is 0 Å². The Morgan fingerprint density at radius 1 is 1.37 bits per heavy atom. The SMILES string of the molecule is Cc1ccn2c(=O)cc(CC3CCNCC3)nc2c1. The number of aromatic nitrogens is 2. The Morgan fingerprint density at radius 3 is 2.95 bits per heavy atom. The molecule has 2 aromatic rings. The molecule has 4 nitrogen and oxygen atoms in total. The molecule has 1 saturated heterocycles. The fraction of sp³-hybridized carbons (Fsp3) is 0.467. The summed E-state index contributed by atoms with van der Waals surface area (Å²) >= 11 is 0. The van der Waals surface area contributed by atoms with Gasteiger partial charge in [-0.05, 0) is 62.9 Å². The van der Waals surface area contributed by atoms with Crippen molar-refractivity contribution in [3.05, 3.63) is 46.0 Å². The Kier molecular flexibility index (Phi) is 3.34. The molecule has 0 saturated carbocycles. The third kappa shape index (κ3) is 2.68. The van der Waals surface area contributed by atoms with Gasteiger partial charge in [0.05, 0.1) is 0 Å². The number of nitrogens with one attached hydrogen (secondary N) is 1. The van der Waals surface area contributed by atoms with E-state index >= 15 is 0 Å². The summed E-state index contributed by atoms with van der Waals surface area (Å²) < 4.78 is 1.61. The van der Waals surface area contributed by atoms with Gasteiger partial charge in [0.2, 0.25) is 0 Å². The van der Waals surface area contributed by atoms with E-state index < -0.39 is 0 Å². The van der Waals surface area contributed by atoms with Gasteiger partial charge in [-0.2, -0.15) is 0 Å². The first-order chi connectivity index (χ1) is 9.22. The van der Waals surface area contributed by atoms with E-state index in [2.05, 4.69) is 10.3 Å². The van der Waals surface area contributed by atoms with E-state index in [1.165, 1.54) is 12.8 Å². The molecule has 2 aromatic heterocycles. The predicted octanol–water partition coefficient (Wildman–Crippen LogP) is 1.55. The highest BCUT2D eigenvalue weighted by atomic mass is 16.1. The molecular weight excluding hydrogens is 238 g/mol. The van der Waals surface area contributed by atoms with Gasteiger partial charge < -0.3 is 5.32 Å². The predicted molar refractivity (Wildman–Crippen MR) is 75.5 cm³/mol. The van der Waals surface area contributed by atoms with Crippen LogP contribution < -0.4 is 10.9 Å². The smallest absolute Gasteiger partial charge is 0.258 e. The normalized spacial score (nSPS) is 16.9. The fourth-order valence-electron chi connectivity index (χ4n) is 2.74. The molecule has 4 heteroatoms. The van der Waals surface area contributed by atoms with Crippen molar-refractivity contribution in [2.24, 2.45) is 5.92 Å². The second kappa shape index (κ2) is 5.13. The minimum Gasteiger partial charge on any atom is -0.317 e. The highest BCUT2D eigenvalue weighted by Gasteiger charge is 2.15. The van der Waals surface area contributed by atoms with Crippen molar-refractivity contribution in [2.75, 3.05) is 13.1 Å². The summed E-state index contributed by atoms with van der Waals surface area (Å²) in [6, 6.07) is 5.58. The van der Waals surface area contributed by atoms with Crippen molar-refractivity contribution in [3.8, 4) is 0 Å². The lowest BCUT2D eigenvalue weighted by molar-refractivity contribution is 0.370. The summed E-state index contributed by atoms with van der Waals surface area (Å²) in [7, 11) is 0. The van der Waals surface area contributed by atoms with E-state index in [0.29, 0.717) is 5.92 Å². The molecule has 3 heterocycles. The zero-order valence-corrected chi connectivity index (χ0v) is 11.2. The number of hydrogen-bond donors (Lipinski definition) is 1. The number of piperidine rings is 1. The van der Waals surface area contributed by atoms with E-state index in [1.54, 1.807) is 16.7 Å². The second-order valence-corrected chi connectivity index (χ2v) is 5.42. The lowest BCUT2D eigenvalue weighted by Crippen LogP contribution is -2.29. The van der Waals surface area contributed by atoms with E-state index in [1.807, 2.05) is 19.1 Å². The van der Waals surface area contributed by atoms with Gasteiger partial charge in [0, 0.05) is 18.0 Å². The van der Waals surface area contributed by atoms with Gasteiger partial charge in [0.1, 0.15) is 5.65 Å². The van der Waals surface area contributed by atoms with Crippen LogP contribution >= 0.6 is 0 Å². The first-order valence-electron chi connectivity index (χ1n) is 6.92. The molecule has 1 aliphatic heterocycles. The molecule has 0 spiro atoms. The van der Waals surface area contributed by atoms with E-state index in [9.17, 15) is 4.79 Å². The third-order valence-corrected chi connectivity index (χ3v) is 3.83. The highest BCUT2D eigenvalue weighted by molar-refractivity contribution is 5.41. The average molecular weight is 257 g/mol. The quantitative estimate of drug-likeness (QED) is 0.888. The van der Waals surface area contributed by atoms with Crippen molar-refractivity contribution >= 4 is 5.65 Å². The van der Waals surface area contributed by atoms with Gasteiger partial charge in [-0.1, -0.05) is 0 Å². The molecule has 3 rings (SSSR count). The van der Waals surface area contributed by atoms with Crippen LogP contribution in [0.2, 0.25) is 0 Å². The molecule has 1 fully saturated rings. The molecule has 100 valence electrons. The summed E-state index contributed by atoms with van der Waals surface area (Å²) in [5, 5.41) is 3.36. The van der Waals surface area contributed by atoms with Crippen molar-refractivity contribution in [1.82, 2.24) is 14.7 Å². The molecule has 0 aromatic carbocycles. The fourth-order valence-corrected chi connectivity index (χ4v) is 2.74. The van der Waals surface area contributed by atoms with Crippen LogP contribution in [0.15, 0.2) is 29.2 Å². The monoisotopic (exact) mass is 257 g/mol. The maximum atomic E-state index is 12.1. The lowest BCUT2D eigenvalue weighted by atomic mass is 9.93. The van der Waals surface area contributed by atoms with Crippen LogP contribution in [0, 0.1) is 12.8 Å². The first kappa shape index (κ1) is 12.4. The third-order valence-electron chi connectivity index (χ3n) is 3.83. The molecule has 0 unspecified atom stereocenters. The van der Waals surface area contributed by atoms with Crippen LogP contribution in [0.1, 0.15) is 24.1 Å². The van der Waals surface area contributed by atoms with Crippen LogP contribution in [0.4, 0.5) is 0 Å². The average Bonchev–Trinajstić information content (AvgIpc) is 2.39. The number of rotatable bonds is 2. The molecule has 0 amide bonds. The van der Waals surface area contributed by atoms with Crippen LogP contribution in [-0.2, 0) is 6.42 Å². The van der Waals surface area contributed by atoms with Crippen LogP contribution in [0.25, 0.3) is 5.65 Å². The molecule has 0 atom stereocenters. The Balaban J connectivity index is 1.93. The van der Waals surface area contributed by atoms with Crippen molar-refractivity contribution < 1.29 is 0 Å². The van der Waals surface area contributed by atoms with Crippen molar-refractivity contribution in [1.29, 1.82) is 0 Å². The van der Waals surface area contributed by atoms with Gasteiger partial charge in [-0.15, -0.1) is 0 Å². The van der Waals surface area contributed by atoms with E-state index in [4.69, 9.17) is 0 Å². The largest absolute Gasteiger partial charge is 0.317 e. The van der Waals surface area contributed by atoms with Gasteiger partial charge in [-0.3, -0.25) is 9.20 Å². The number of aryl methyl sites for hydroxylation is 1. The minimum atomic E-state index is 0.0222. The topological polar surface area (TPSA) is 46.4 Å². The molecule has 1 N–H and O–H groups in total. The maximum Gasteiger partial charge on any atom is 0.258 e. The molecule has 0 aliphatic carbocycles. The van der Waals surface area contributed by atoms with Gasteiger partial charge >= 0.3 is 0 Å². The standard InChI is InChI=1S/C15H19N3O/c1-11-4-7-18-14(8-11)17-13(10-15(18)19)9-12-2-5-16-6-3-12/h4,7-8,10,12,16H,2-3,5-6,9H2,1H3. The van der Waals surface area contributed by atoms with Gasteiger partial charge in [0.25, 0.3) is 5.56 Å². The first-order valence-corrected chi connectivity index (χ1v) is 6.92. The summed E-state index contributed by atoms with van der Waals surface area (Å²) in [4.78, 5) is 16.7. The Labute approximate surface area is 112 Å². The summed E-state index contributed by atoms with van der Waals surface area (Å²) in [5.74, 6) is 0.653. The summed E-state index contributed by atoms with van der Waals surface area (Å²) in [6.07, 6.45) is 5.07. The van der Waals surface area contributed by atoms with E-state index in [-0.39, 0.29) is 5.56 Å². The lowest BCUT2D eigenvalue weighted by Gasteiger charge is -2.22. The van der Waals surface area contributed by atoms with Crippen molar-refractivity contribution in [2.45, 2.75) is 26.2 Å². The summed E-state index contributed by atoms with van der Waals surface area (Å²) in [6.45, 7) is 4.18. The highest BCUT2D eigenvalue weighted by Crippen LogP contribution is 2.16. The zero-order valence-electron chi connectivity index (χ0n) is 11.2. The number of hydrogen-bond acceptors (Lipinski definition) is 3. The molecular formula is C15H19N3O. The van der Waals surface area contributed by atoms with Crippen LogP contribution in [0.5, 0.6) is 0 Å². The van der Waals surface area contributed by atoms with Crippen molar-refractivity contribution in [3.63, 3.8) is 0 Å². The number of nitrogens with zero attached hydrogens (tertiary/aromatic N) is 2.